The number of ether oxygens (including phenoxy) is 1. The maximum Gasteiger partial charge on any atom is 0.248 e. The Morgan fingerprint density at radius 3 is 2.80 bits per heavy atom. The van der Waals surface area contributed by atoms with Gasteiger partial charge < -0.3 is 15.2 Å². The molecule has 0 aliphatic heterocycles. The molecule has 2 rings (SSSR count). The number of amides is 1. The van der Waals surface area contributed by atoms with Crippen LogP contribution in [0.3, 0.4) is 0 Å². The summed E-state index contributed by atoms with van der Waals surface area (Å²) in [6, 6.07) is 7.63. The monoisotopic (exact) mass is 277 g/mol. The highest BCUT2D eigenvalue weighted by Gasteiger charge is 2.24. The van der Waals surface area contributed by atoms with Crippen molar-refractivity contribution in [2.75, 3.05) is 13.2 Å². The van der Waals surface area contributed by atoms with Crippen LogP contribution in [-0.4, -0.2) is 30.3 Å². The lowest BCUT2D eigenvalue weighted by atomic mass is 10.0. The molecule has 0 aromatic heterocycles. The van der Waals surface area contributed by atoms with E-state index in [1.54, 1.807) is 6.92 Å². The summed E-state index contributed by atoms with van der Waals surface area (Å²) in [6.45, 7) is 4.56. The minimum Gasteiger partial charge on any atom is -0.387 e. The van der Waals surface area contributed by atoms with Gasteiger partial charge in [0.15, 0.2) is 0 Å². The quantitative estimate of drug-likeness (QED) is 0.801. The first kappa shape index (κ1) is 15.0. The summed E-state index contributed by atoms with van der Waals surface area (Å²) in [5, 5.41) is 12.8. The third-order valence-electron chi connectivity index (χ3n) is 3.67. The molecule has 1 aromatic carbocycles. The number of benzene rings is 1. The van der Waals surface area contributed by atoms with E-state index < -0.39 is 12.2 Å². The summed E-state index contributed by atoms with van der Waals surface area (Å²) in [7, 11) is 0. The molecule has 1 saturated carbocycles. The molecular formula is C16H23NO3. The molecule has 1 fully saturated rings. The van der Waals surface area contributed by atoms with E-state index in [4.69, 9.17) is 4.74 Å². The molecule has 1 aliphatic carbocycles. The van der Waals surface area contributed by atoms with Crippen molar-refractivity contribution >= 4 is 5.91 Å². The zero-order valence-corrected chi connectivity index (χ0v) is 12.1. The van der Waals surface area contributed by atoms with Gasteiger partial charge in [0.05, 0.1) is 12.7 Å². The average molecular weight is 277 g/mol. The van der Waals surface area contributed by atoms with E-state index in [2.05, 4.69) is 5.32 Å². The van der Waals surface area contributed by atoms with Gasteiger partial charge >= 0.3 is 0 Å². The lowest BCUT2D eigenvalue weighted by molar-refractivity contribution is -0.132. The van der Waals surface area contributed by atoms with Crippen LogP contribution >= 0.6 is 0 Å². The Kier molecular flexibility index (Phi) is 5.15. The molecule has 1 aliphatic rings. The van der Waals surface area contributed by atoms with Gasteiger partial charge in [0.1, 0.15) is 6.10 Å². The van der Waals surface area contributed by atoms with E-state index in [9.17, 15) is 9.90 Å². The number of nitrogens with one attached hydrogen (secondary N) is 1. The summed E-state index contributed by atoms with van der Waals surface area (Å²) < 4.78 is 5.50. The van der Waals surface area contributed by atoms with Crippen LogP contribution < -0.4 is 5.32 Å². The molecule has 1 amide bonds. The van der Waals surface area contributed by atoms with Crippen LogP contribution in [0.25, 0.3) is 0 Å². The third kappa shape index (κ3) is 4.32. The molecule has 0 heterocycles. The minimum absolute atomic E-state index is 0.168. The SMILES string of the molecule is Cc1ccccc1C(O)CNC(=O)C(C)OCC1CC1. The van der Waals surface area contributed by atoms with Crippen molar-refractivity contribution in [2.45, 2.75) is 38.9 Å². The summed E-state index contributed by atoms with van der Waals surface area (Å²) in [5.41, 5.74) is 1.87. The predicted molar refractivity (Wildman–Crippen MR) is 77.3 cm³/mol. The minimum atomic E-state index is -0.684. The largest absolute Gasteiger partial charge is 0.387 e. The van der Waals surface area contributed by atoms with Gasteiger partial charge in [-0.25, -0.2) is 0 Å². The Balaban J connectivity index is 1.75. The zero-order valence-electron chi connectivity index (χ0n) is 12.1. The summed E-state index contributed by atoms with van der Waals surface area (Å²) in [6.07, 6.45) is 1.27. The van der Waals surface area contributed by atoms with Gasteiger partial charge in [0, 0.05) is 6.54 Å². The molecule has 2 atom stereocenters. The summed E-state index contributed by atoms with van der Waals surface area (Å²) in [5.74, 6) is 0.473. The lowest BCUT2D eigenvalue weighted by Gasteiger charge is -2.17. The molecule has 2 N–H and O–H groups in total. The number of carbonyl (C=O) groups excluding carboxylic acids is 1. The molecule has 0 bridgehead atoms. The van der Waals surface area contributed by atoms with E-state index >= 15 is 0 Å². The Labute approximate surface area is 120 Å². The summed E-state index contributed by atoms with van der Waals surface area (Å²) in [4.78, 5) is 11.8. The van der Waals surface area contributed by atoms with Crippen LogP contribution in [0.4, 0.5) is 0 Å². The first-order chi connectivity index (χ1) is 9.58. The molecular weight excluding hydrogens is 254 g/mol. The van der Waals surface area contributed by atoms with Gasteiger partial charge in [0.2, 0.25) is 5.91 Å². The van der Waals surface area contributed by atoms with E-state index in [0.717, 1.165) is 11.1 Å². The highest BCUT2D eigenvalue weighted by atomic mass is 16.5. The molecule has 0 radical (unpaired) electrons. The van der Waals surface area contributed by atoms with Crippen LogP contribution in [0.2, 0.25) is 0 Å². The number of aliphatic hydroxyl groups is 1. The summed E-state index contributed by atoms with van der Waals surface area (Å²) >= 11 is 0. The third-order valence-corrected chi connectivity index (χ3v) is 3.67. The molecule has 0 saturated heterocycles. The van der Waals surface area contributed by atoms with Crippen molar-refractivity contribution in [3.63, 3.8) is 0 Å². The molecule has 110 valence electrons. The van der Waals surface area contributed by atoms with Crippen molar-refractivity contribution in [1.82, 2.24) is 5.32 Å². The van der Waals surface area contributed by atoms with Gasteiger partial charge in [-0.15, -0.1) is 0 Å². The Morgan fingerprint density at radius 1 is 1.45 bits per heavy atom. The Hall–Kier alpha value is -1.39. The zero-order chi connectivity index (χ0) is 14.5. The maximum atomic E-state index is 11.8. The predicted octanol–water partition coefficient (Wildman–Crippen LogP) is 1.96. The second-order valence-corrected chi connectivity index (χ2v) is 5.54. The van der Waals surface area contributed by atoms with Crippen molar-refractivity contribution in [3.8, 4) is 0 Å². The fraction of sp³-hybridized carbons (Fsp3) is 0.562. The van der Waals surface area contributed by atoms with Crippen LogP contribution in [-0.2, 0) is 9.53 Å². The van der Waals surface area contributed by atoms with E-state index in [1.807, 2.05) is 31.2 Å². The van der Waals surface area contributed by atoms with Crippen LogP contribution in [0.15, 0.2) is 24.3 Å². The smallest absolute Gasteiger partial charge is 0.248 e. The van der Waals surface area contributed by atoms with Crippen molar-refractivity contribution in [3.05, 3.63) is 35.4 Å². The normalized spacial score (nSPS) is 17.6. The number of aliphatic hydroxyl groups excluding tert-OH is 1. The Bertz CT molecular complexity index is 457. The highest BCUT2D eigenvalue weighted by Crippen LogP contribution is 2.29. The molecule has 0 spiro atoms. The Morgan fingerprint density at radius 2 is 2.15 bits per heavy atom. The second-order valence-electron chi connectivity index (χ2n) is 5.54. The van der Waals surface area contributed by atoms with Gasteiger partial charge in [-0.3, -0.25) is 4.79 Å². The molecule has 4 nitrogen and oxygen atoms in total. The second kappa shape index (κ2) is 6.86. The fourth-order valence-corrected chi connectivity index (χ4v) is 2.05. The van der Waals surface area contributed by atoms with Crippen molar-refractivity contribution in [1.29, 1.82) is 0 Å². The van der Waals surface area contributed by atoms with Gasteiger partial charge in [0.25, 0.3) is 0 Å². The standard InChI is InChI=1S/C16H23NO3/c1-11-5-3-4-6-14(11)15(18)9-17-16(19)12(2)20-10-13-7-8-13/h3-6,12-13,15,18H,7-10H2,1-2H3,(H,17,19). The van der Waals surface area contributed by atoms with Gasteiger partial charge in [-0.2, -0.15) is 0 Å². The number of hydrogen-bond donors (Lipinski definition) is 2. The molecule has 1 aromatic rings. The fourth-order valence-electron chi connectivity index (χ4n) is 2.05. The van der Waals surface area contributed by atoms with Gasteiger partial charge in [-0.1, -0.05) is 24.3 Å². The number of aryl methyl sites for hydroxylation is 1. The highest BCUT2D eigenvalue weighted by molar-refractivity contribution is 5.80. The first-order valence-corrected chi connectivity index (χ1v) is 7.21. The topological polar surface area (TPSA) is 58.6 Å². The molecule has 20 heavy (non-hydrogen) atoms. The van der Waals surface area contributed by atoms with Crippen molar-refractivity contribution in [2.24, 2.45) is 5.92 Å². The lowest BCUT2D eigenvalue weighted by Crippen LogP contribution is -2.37. The van der Waals surface area contributed by atoms with Crippen LogP contribution in [0, 0.1) is 12.8 Å². The first-order valence-electron chi connectivity index (χ1n) is 7.21. The van der Waals surface area contributed by atoms with E-state index in [-0.39, 0.29) is 12.5 Å². The molecule has 4 heteroatoms. The number of carbonyl (C=O) groups is 1. The van der Waals surface area contributed by atoms with Gasteiger partial charge in [-0.05, 0) is 43.7 Å². The average Bonchev–Trinajstić information content (AvgIpc) is 3.26. The number of rotatable bonds is 7. The number of hydrogen-bond acceptors (Lipinski definition) is 3. The maximum absolute atomic E-state index is 11.8. The van der Waals surface area contributed by atoms with Crippen LogP contribution in [0.5, 0.6) is 0 Å². The van der Waals surface area contributed by atoms with E-state index in [1.165, 1.54) is 12.8 Å². The van der Waals surface area contributed by atoms with E-state index in [0.29, 0.717) is 12.5 Å². The van der Waals surface area contributed by atoms with Crippen molar-refractivity contribution < 1.29 is 14.6 Å². The van der Waals surface area contributed by atoms with Crippen LogP contribution in [0.1, 0.15) is 37.0 Å². The molecule has 2 unspecified atom stereocenters.